The molecule has 0 atom stereocenters. The minimum absolute atomic E-state index is 0.0618. The van der Waals surface area contributed by atoms with Crippen molar-refractivity contribution in [1.29, 1.82) is 0 Å². The van der Waals surface area contributed by atoms with Crippen LogP contribution in [-0.4, -0.2) is 56.7 Å². The molecule has 7 heteroatoms. The Bertz CT molecular complexity index is 494. The summed E-state index contributed by atoms with van der Waals surface area (Å²) in [4.78, 5) is 14.1. The average Bonchev–Trinajstić information content (AvgIpc) is 2.53. The lowest BCUT2D eigenvalue weighted by Crippen LogP contribution is -2.44. The fraction of sp³-hybridized carbons (Fsp3) is 0.533. The van der Waals surface area contributed by atoms with Gasteiger partial charge in [0.15, 0.2) is 6.61 Å². The van der Waals surface area contributed by atoms with Gasteiger partial charge in [0, 0.05) is 43.8 Å². The zero-order valence-electron chi connectivity index (χ0n) is 12.4. The monoisotopic (exact) mass is 345 g/mol. The van der Waals surface area contributed by atoms with Gasteiger partial charge >= 0.3 is 0 Å². The van der Waals surface area contributed by atoms with Gasteiger partial charge in [-0.1, -0.05) is 23.2 Å². The van der Waals surface area contributed by atoms with Crippen molar-refractivity contribution in [2.75, 3.05) is 45.9 Å². The van der Waals surface area contributed by atoms with Gasteiger partial charge in [-0.15, -0.1) is 0 Å². The first-order chi connectivity index (χ1) is 10.6. The molecule has 1 aromatic rings. The third kappa shape index (κ3) is 6.01. The molecule has 0 aliphatic carbocycles. The Kier molecular flexibility index (Phi) is 7.25. The fourth-order valence-electron chi connectivity index (χ4n) is 2.25. The van der Waals surface area contributed by atoms with E-state index in [1.54, 1.807) is 18.2 Å². The Hall–Kier alpha value is -1.01. The molecule has 0 aromatic heterocycles. The number of carbonyl (C=O) groups is 1. The Balaban J connectivity index is 1.60. The molecule has 2 rings (SSSR count). The Labute approximate surface area is 140 Å². The van der Waals surface area contributed by atoms with Gasteiger partial charge in [0.2, 0.25) is 0 Å². The highest BCUT2D eigenvalue weighted by Gasteiger charge is 2.09. The summed E-state index contributed by atoms with van der Waals surface area (Å²) in [5, 5.41) is 7.12. The zero-order valence-corrected chi connectivity index (χ0v) is 13.9. The van der Waals surface area contributed by atoms with E-state index in [0.717, 1.165) is 39.1 Å². The molecule has 0 saturated carbocycles. The highest BCUT2D eigenvalue weighted by molar-refractivity contribution is 6.34. The van der Waals surface area contributed by atoms with Crippen molar-refractivity contribution in [2.24, 2.45) is 0 Å². The van der Waals surface area contributed by atoms with Crippen LogP contribution >= 0.6 is 23.2 Å². The standard InChI is InChI=1S/C15H21Cl2N3O2/c16-12-2-3-13(17)14(10-12)22-11-15(21)19-4-1-7-20-8-5-18-6-9-20/h2-3,10,18H,1,4-9,11H2,(H,19,21). The molecule has 0 spiro atoms. The molecule has 0 unspecified atom stereocenters. The molecule has 1 aromatic carbocycles. The molecule has 5 nitrogen and oxygen atoms in total. The third-order valence-corrected chi connectivity index (χ3v) is 3.98. The van der Waals surface area contributed by atoms with Gasteiger partial charge in [-0.05, 0) is 25.1 Å². The molecule has 22 heavy (non-hydrogen) atoms. The Morgan fingerprint density at radius 2 is 2.09 bits per heavy atom. The van der Waals surface area contributed by atoms with E-state index in [2.05, 4.69) is 15.5 Å². The molecule has 2 N–H and O–H groups in total. The van der Waals surface area contributed by atoms with E-state index >= 15 is 0 Å². The maximum Gasteiger partial charge on any atom is 0.257 e. The summed E-state index contributed by atoms with van der Waals surface area (Å²) in [6, 6.07) is 4.92. The van der Waals surface area contributed by atoms with Crippen molar-refractivity contribution in [3.63, 3.8) is 0 Å². The Morgan fingerprint density at radius 3 is 2.86 bits per heavy atom. The average molecular weight is 346 g/mol. The first-order valence-electron chi connectivity index (χ1n) is 7.43. The van der Waals surface area contributed by atoms with Crippen molar-refractivity contribution >= 4 is 29.1 Å². The van der Waals surface area contributed by atoms with E-state index < -0.39 is 0 Å². The summed E-state index contributed by atoms with van der Waals surface area (Å²) >= 11 is 11.8. The number of halogens is 2. The van der Waals surface area contributed by atoms with Gasteiger partial charge in [0.05, 0.1) is 5.02 Å². The van der Waals surface area contributed by atoms with Crippen LogP contribution in [0.5, 0.6) is 5.75 Å². The van der Waals surface area contributed by atoms with Crippen molar-refractivity contribution in [2.45, 2.75) is 6.42 Å². The van der Waals surface area contributed by atoms with E-state index in [9.17, 15) is 4.79 Å². The largest absolute Gasteiger partial charge is 0.482 e. The van der Waals surface area contributed by atoms with Gasteiger partial charge in [-0.25, -0.2) is 0 Å². The second kappa shape index (κ2) is 9.20. The van der Waals surface area contributed by atoms with Crippen LogP contribution < -0.4 is 15.4 Å². The molecule has 1 fully saturated rings. The van der Waals surface area contributed by atoms with E-state index in [-0.39, 0.29) is 12.5 Å². The number of carbonyl (C=O) groups excluding carboxylic acids is 1. The Morgan fingerprint density at radius 1 is 1.32 bits per heavy atom. The number of amides is 1. The number of ether oxygens (including phenoxy) is 1. The predicted octanol–water partition coefficient (Wildman–Crippen LogP) is 1.78. The minimum atomic E-state index is -0.156. The van der Waals surface area contributed by atoms with Crippen LogP contribution in [0.1, 0.15) is 6.42 Å². The maximum absolute atomic E-state index is 11.7. The molecule has 1 heterocycles. The predicted molar refractivity (Wildman–Crippen MR) is 88.9 cm³/mol. The fourth-order valence-corrected chi connectivity index (χ4v) is 2.58. The van der Waals surface area contributed by atoms with E-state index in [1.807, 2.05) is 0 Å². The van der Waals surface area contributed by atoms with Crippen LogP contribution in [0.2, 0.25) is 10.0 Å². The van der Waals surface area contributed by atoms with Crippen molar-refractivity contribution in [3.05, 3.63) is 28.2 Å². The molecule has 0 radical (unpaired) electrons. The van der Waals surface area contributed by atoms with Crippen molar-refractivity contribution < 1.29 is 9.53 Å². The number of rotatable bonds is 7. The molecule has 1 aliphatic heterocycles. The lowest BCUT2D eigenvalue weighted by atomic mass is 10.3. The number of hydrogen-bond acceptors (Lipinski definition) is 4. The first-order valence-corrected chi connectivity index (χ1v) is 8.18. The van der Waals surface area contributed by atoms with E-state index in [4.69, 9.17) is 27.9 Å². The lowest BCUT2D eigenvalue weighted by Gasteiger charge is -2.27. The second-order valence-corrected chi connectivity index (χ2v) is 6.00. The highest BCUT2D eigenvalue weighted by atomic mass is 35.5. The molecule has 0 bridgehead atoms. The summed E-state index contributed by atoms with van der Waals surface area (Å²) < 4.78 is 5.38. The summed E-state index contributed by atoms with van der Waals surface area (Å²) in [6.07, 6.45) is 0.934. The third-order valence-electron chi connectivity index (χ3n) is 3.43. The lowest BCUT2D eigenvalue weighted by molar-refractivity contribution is -0.123. The van der Waals surface area contributed by atoms with Crippen molar-refractivity contribution in [1.82, 2.24) is 15.5 Å². The minimum Gasteiger partial charge on any atom is -0.482 e. The first kappa shape index (κ1) is 17.3. The van der Waals surface area contributed by atoms with Gasteiger partial charge in [-0.3, -0.25) is 4.79 Å². The van der Waals surface area contributed by atoms with Crippen LogP contribution in [0.15, 0.2) is 18.2 Å². The van der Waals surface area contributed by atoms with Crippen molar-refractivity contribution in [3.8, 4) is 5.75 Å². The van der Waals surface area contributed by atoms with Crippen LogP contribution in [0.4, 0.5) is 0 Å². The van der Waals surface area contributed by atoms with Gasteiger partial charge < -0.3 is 20.3 Å². The summed E-state index contributed by atoms with van der Waals surface area (Å²) in [5.74, 6) is 0.265. The topological polar surface area (TPSA) is 53.6 Å². The molecular weight excluding hydrogens is 325 g/mol. The number of hydrogen-bond donors (Lipinski definition) is 2. The van der Waals surface area contributed by atoms with Gasteiger partial charge in [0.1, 0.15) is 5.75 Å². The molecule has 1 aliphatic rings. The van der Waals surface area contributed by atoms with E-state index in [0.29, 0.717) is 22.3 Å². The van der Waals surface area contributed by atoms with Crippen LogP contribution in [0, 0.1) is 0 Å². The van der Waals surface area contributed by atoms with Crippen LogP contribution in [-0.2, 0) is 4.79 Å². The summed E-state index contributed by atoms with van der Waals surface area (Å²) in [6.45, 7) is 5.82. The van der Waals surface area contributed by atoms with Gasteiger partial charge in [0.25, 0.3) is 5.91 Å². The maximum atomic E-state index is 11.7. The number of nitrogens with zero attached hydrogens (tertiary/aromatic N) is 1. The van der Waals surface area contributed by atoms with Crippen LogP contribution in [0.25, 0.3) is 0 Å². The molecule has 1 amide bonds. The second-order valence-electron chi connectivity index (χ2n) is 5.16. The SMILES string of the molecule is O=C(COc1cc(Cl)ccc1Cl)NCCCN1CCNCC1. The number of nitrogens with one attached hydrogen (secondary N) is 2. The quantitative estimate of drug-likeness (QED) is 0.739. The number of benzene rings is 1. The summed E-state index contributed by atoms with van der Waals surface area (Å²) in [7, 11) is 0. The highest BCUT2D eigenvalue weighted by Crippen LogP contribution is 2.27. The molecular formula is C15H21Cl2N3O2. The normalized spacial score (nSPS) is 15.5. The van der Waals surface area contributed by atoms with Crippen LogP contribution in [0.3, 0.4) is 0 Å². The smallest absolute Gasteiger partial charge is 0.257 e. The zero-order chi connectivity index (χ0) is 15.8. The molecule has 122 valence electrons. The number of piperazine rings is 1. The van der Waals surface area contributed by atoms with E-state index in [1.165, 1.54) is 0 Å². The van der Waals surface area contributed by atoms with Gasteiger partial charge in [-0.2, -0.15) is 0 Å². The summed E-state index contributed by atoms with van der Waals surface area (Å²) in [5.41, 5.74) is 0. The molecule has 1 saturated heterocycles.